The van der Waals surface area contributed by atoms with Gasteiger partial charge in [0, 0.05) is 19.0 Å². The molecule has 0 aromatic rings. The van der Waals surface area contributed by atoms with Gasteiger partial charge in [-0.2, -0.15) is 8.42 Å². The van der Waals surface area contributed by atoms with Crippen LogP contribution in [0.25, 0.3) is 0 Å². The number of carbonyl (C=O) groups excluding carboxylic acids is 1. The van der Waals surface area contributed by atoms with Gasteiger partial charge in [0.05, 0.1) is 0 Å². The molecule has 1 saturated carbocycles. The first-order valence-electron chi connectivity index (χ1n) is 5.71. The molecule has 1 aliphatic carbocycles. The van der Waals surface area contributed by atoms with Crippen LogP contribution in [-0.4, -0.2) is 37.1 Å². The first kappa shape index (κ1) is 11.8. The lowest BCUT2D eigenvalue weighted by molar-refractivity contribution is -0.130. The number of hydrogen-bond acceptors (Lipinski definition) is 3. The molecule has 1 atom stereocenters. The Kier molecular flexibility index (Phi) is 3.19. The fourth-order valence-electron chi connectivity index (χ4n) is 2.63. The molecule has 1 saturated heterocycles. The third kappa shape index (κ3) is 2.36. The lowest BCUT2D eigenvalue weighted by Crippen LogP contribution is -2.38. The van der Waals surface area contributed by atoms with Crippen LogP contribution in [0.3, 0.4) is 0 Å². The van der Waals surface area contributed by atoms with E-state index in [2.05, 4.69) is 0 Å². The largest absolute Gasteiger partial charge is 0.338 e. The Morgan fingerprint density at radius 1 is 1.19 bits per heavy atom. The smallest absolute Gasteiger partial charge is 0.307 e. The fourth-order valence-corrected chi connectivity index (χ4v) is 3.31. The number of carbonyl (C=O) groups is 1. The molecule has 16 heavy (non-hydrogen) atoms. The van der Waals surface area contributed by atoms with Gasteiger partial charge in [-0.25, -0.2) is 0 Å². The molecule has 0 N–H and O–H groups in total. The topological polar surface area (TPSA) is 54.5 Å². The minimum absolute atomic E-state index is 0.0440. The van der Waals surface area contributed by atoms with E-state index in [4.69, 9.17) is 0 Å². The molecule has 1 amide bonds. The Morgan fingerprint density at radius 3 is 2.31 bits per heavy atom. The van der Waals surface area contributed by atoms with Crippen molar-refractivity contribution in [1.82, 2.24) is 4.90 Å². The minimum Gasteiger partial charge on any atom is -0.338 e. The van der Waals surface area contributed by atoms with E-state index in [0.717, 1.165) is 25.7 Å². The van der Waals surface area contributed by atoms with E-state index in [1.807, 2.05) is 0 Å². The number of nitrogens with zero attached hydrogens (tertiary/aromatic N) is 1. The third-order valence-electron chi connectivity index (χ3n) is 3.54. The Morgan fingerprint density at radius 2 is 1.81 bits per heavy atom. The normalized spacial score (nSPS) is 28.7. The zero-order valence-corrected chi connectivity index (χ0v) is 9.88. The van der Waals surface area contributed by atoms with Crippen molar-refractivity contribution in [3.8, 4) is 0 Å². The monoisotopic (exact) mass is 249 g/mol. The third-order valence-corrected chi connectivity index (χ3v) is 4.65. The van der Waals surface area contributed by atoms with E-state index in [-0.39, 0.29) is 24.9 Å². The molecule has 92 valence electrons. The van der Waals surface area contributed by atoms with Crippen LogP contribution in [0, 0.1) is 0 Å². The SMILES string of the molecule is O=C1CC(S(=O)(=O)F)CN1C1CCCCC1. The number of rotatable bonds is 2. The first-order valence-corrected chi connectivity index (χ1v) is 7.16. The maximum atomic E-state index is 12.8. The first-order chi connectivity index (χ1) is 7.48. The molecule has 2 fully saturated rings. The summed E-state index contributed by atoms with van der Waals surface area (Å²) in [6.45, 7) is 0.0440. The minimum atomic E-state index is -4.57. The van der Waals surface area contributed by atoms with Gasteiger partial charge in [-0.05, 0) is 12.8 Å². The molecular formula is C10H16FNO3S. The van der Waals surface area contributed by atoms with Gasteiger partial charge in [0.25, 0.3) is 0 Å². The summed E-state index contributed by atoms with van der Waals surface area (Å²) in [4.78, 5) is 13.2. The summed E-state index contributed by atoms with van der Waals surface area (Å²) >= 11 is 0. The summed E-state index contributed by atoms with van der Waals surface area (Å²) < 4.78 is 34.3. The summed E-state index contributed by atoms with van der Waals surface area (Å²) in [5, 5.41) is -1.14. The molecular weight excluding hydrogens is 233 g/mol. The molecule has 2 aliphatic rings. The maximum Gasteiger partial charge on any atom is 0.307 e. The van der Waals surface area contributed by atoms with Gasteiger partial charge in [0.2, 0.25) is 5.91 Å². The number of halogens is 1. The Balaban J connectivity index is 2.04. The van der Waals surface area contributed by atoms with Crippen LogP contribution < -0.4 is 0 Å². The molecule has 0 aromatic carbocycles. The molecule has 6 heteroatoms. The van der Waals surface area contributed by atoms with Crippen LogP contribution in [0.2, 0.25) is 0 Å². The van der Waals surface area contributed by atoms with Crippen LogP contribution in [0.15, 0.2) is 0 Å². The number of amides is 1. The zero-order chi connectivity index (χ0) is 11.8. The molecule has 1 aliphatic heterocycles. The van der Waals surface area contributed by atoms with Crippen LogP contribution in [-0.2, 0) is 15.0 Å². The molecule has 0 radical (unpaired) electrons. The highest BCUT2D eigenvalue weighted by Crippen LogP contribution is 2.28. The molecule has 0 spiro atoms. The summed E-state index contributed by atoms with van der Waals surface area (Å²) in [5.74, 6) is -0.210. The highest BCUT2D eigenvalue weighted by atomic mass is 32.3. The van der Waals surface area contributed by atoms with Crippen LogP contribution >= 0.6 is 0 Å². The molecule has 0 bridgehead atoms. The van der Waals surface area contributed by atoms with E-state index in [1.165, 1.54) is 6.42 Å². The Bertz CT molecular complexity index is 376. The summed E-state index contributed by atoms with van der Waals surface area (Å²) in [6, 6.07) is 0.132. The van der Waals surface area contributed by atoms with Crippen LogP contribution in [0.5, 0.6) is 0 Å². The van der Waals surface area contributed by atoms with Crippen molar-refractivity contribution >= 4 is 16.1 Å². The molecule has 2 rings (SSSR count). The van der Waals surface area contributed by atoms with Gasteiger partial charge in [0.1, 0.15) is 5.25 Å². The van der Waals surface area contributed by atoms with Crippen molar-refractivity contribution in [3.63, 3.8) is 0 Å². The fraction of sp³-hybridized carbons (Fsp3) is 0.900. The molecule has 0 aromatic heterocycles. The van der Waals surface area contributed by atoms with Crippen molar-refractivity contribution in [3.05, 3.63) is 0 Å². The van der Waals surface area contributed by atoms with Gasteiger partial charge in [-0.3, -0.25) is 4.79 Å². The summed E-state index contributed by atoms with van der Waals surface area (Å²) in [5.41, 5.74) is 0. The second-order valence-corrected chi connectivity index (χ2v) is 6.26. The van der Waals surface area contributed by atoms with E-state index < -0.39 is 15.5 Å². The van der Waals surface area contributed by atoms with Gasteiger partial charge >= 0.3 is 10.2 Å². The second kappa shape index (κ2) is 4.31. The van der Waals surface area contributed by atoms with Crippen LogP contribution in [0.4, 0.5) is 3.89 Å². The quantitative estimate of drug-likeness (QED) is 0.691. The Hall–Kier alpha value is -0.650. The van der Waals surface area contributed by atoms with Gasteiger partial charge < -0.3 is 4.90 Å². The van der Waals surface area contributed by atoms with E-state index in [9.17, 15) is 17.1 Å². The highest BCUT2D eigenvalue weighted by Gasteiger charge is 2.41. The average Bonchev–Trinajstić information content (AvgIpc) is 2.61. The molecule has 1 unspecified atom stereocenters. The van der Waals surface area contributed by atoms with Gasteiger partial charge in [0.15, 0.2) is 0 Å². The lowest BCUT2D eigenvalue weighted by atomic mass is 9.94. The van der Waals surface area contributed by atoms with Gasteiger partial charge in [-0.1, -0.05) is 19.3 Å². The van der Waals surface area contributed by atoms with Crippen molar-refractivity contribution in [2.45, 2.75) is 49.8 Å². The van der Waals surface area contributed by atoms with Crippen molar-refractivity contribution in [1.29, 1.82) is 0 Å². The van der Waals surface area contributed by atoms with E-state index >= 15 is 0 Å². The molecule has 1 heterocycles. The van der Waals surface area contributed by atoms with Gasteiger partial charge in [-0.15, -0.1) is 3.89 Å². The highest BCUT2D eigenvalue weighted by molar-refractivity contribution is 7.87. The average molecular weight is 249 g/mol. The van der Waals surface area contributed by atoms with Crippen molar-refractivity contribution < 1.29 is 17.1 Å². The predicted molar refractivity (Wildman–Crippen MR) is 57.0 cm³/mol. The van der Waals surface area contributed by atoms with E-state index in [1.54, 1.807) is 4.90 Å². The van der Waals surface area contributed by atoms with Crippen molar-refractivity contribution in [2.24, 2.45) is 0 Å². The number of hydrogen-bond donors (Lipinski definition) is 0. The predicted octanol–water partition coefficient (Wildman–Crippen LogP) is 1.22. The summed E-state index contributed by atoms with van der Waals surface area (Å²) in [6.07, 6.45) is 4.97. The van der Waals surface area contributed by atoms with E-state index in [0.29, 0.717) is 0 Å². The molecule has 4 nitrogen and oxygen atoms in total. The standard InChI is InChI=1S/C10H16FNO3S/c11-16(14,15)9-6-10(13)12(7-9)8-4-2-1-3-5-8/h8-9H,1-7H2. The van der Waals surface area contributed by atoms with Crippen molar-refractivity contribution in [2.75, 3.05) is 6.54 Å². The second-order valence-electron chi connectivity index (χ2n) is 4.64. The zero-order valence-electron chi connectivity index (χ0n) is 9.06. The number of likely N-dealkylation sites (tertiary alicyclic amines) is 1. The maximum absolute atomic E-state index is 12.8. The lowest BCUT2D eigenvalue weighted by Gasteiger charge is -2.31. The summed E-state index contributed by atoms with van der Waals surface area (Å²) in [7, 11) is -4.57. The van der Waals surface area contributed by atoms with Crippen LogP contribution in [0.1, 0.15) is 38.5 Å². The Labute approximate surface area is 95.0 Å².